The minimum absolute atomic E-state index is 0.117. The number of hydrogen-bond acceptors (Lipinski definition) is 4. The molecular weight excluding hydrogens is 246 g/mol. The molecule has 18 heavy (non-hydrogen) atoms. The molecular formula is C14H23NO2S. The number of methoxy groups -OCH3 is 1. The van der Waals surface area contributed by atoms with Crippen LogP contribution in [0.15, 0.2) is 16.8 Å². The van der Waals surface area contributed by atoms with Crippen LogP contribution in [0, 0.1) is 0 Å². The fourth-order valence-corrected chi connectivity index (χ4v) is 3.35. The molecule has 1 aliphatic heterocycles. The van der Waals surface area contributed by atoms with Gasteiger partial charge in [0.2, 0.25) is 0 Å². The largest absolute Gasteiger partial charge is 0.381 e. The summed E-state index contributed by atoms with van der Waals surface area (Å²) in [4.78, 5) is 0. The molecule has 0 aromatic carbocycles. The summed E-state index contributed by atoms with van der Waals surface area (Å²) in [7, 11) is 1.83. The van der Waals surface area contributed by atoms with Crippen molar-refractivity contribution < 1.29 is 9.47 Å². The monoisotopic (exact) mass is 269 g/mol. The quantitative estimate of drug-likeness (QED) is 0.861. The van der Waals surface area contributed by atoms with Gasteiger partial charge in [0.15, 0.2) is 0 Å². The molecule has 1 saturated heterocycles. The Kier molecular flexibility index (Phi) is 5.18. The highest BCUT2D eigenvalue weighted by Gasteiger charge is 2.41. The summed E-state index contributed by atoms with van der Waals surface area (Å²) in [6, 6.07) is 2.48. The molecule has 0 amide bonds. The van der Waals surface area contributed by atoms with Crippen LogP contribution in [0.3, 0.4) is 0 Å². The molecule has 0 aliphatic carbocycles. The van der Waals surface area contributed by atoms with Crippen molar-refractivity contribution in [2.24, 2.45) is 0 Å². The molecule has 1 aliphatic rings. The Bertz CT molecular complexity index is 334. The fourth-order valence-electron chi connectivity index (χ4n) is 2.66. The lowest BCUT2D eigenvalue weighted by Crippen LogP contribution is -2.49. The van der Waals surface area contributed by atoms with Crippen LogP contribution in [0.25, 0.3) is 0 Å². The van der Waals surface area contributed by atoms with Gasteiger partial charge in [-0.3, -0.25) is 0 Å². The van der Waals surface area contributed by atoms with Gasteiger partial charge in [0, 0.05) is 33.2 Å². The second-order valence-corrected chi connectivity index (χ2v) is 5.61. The minimum atomic E-state index is -0.117. The Labute approximate surface area is 113 Å². The molecule has 2 rings (SSSR count). The molecule has 1 N–H and O–H groups in total. The van der Waals surface area contributed by atoms with Crippen molar-refractivity contribution >= 4 is 11.3 Å². The van der Waals surface area contributed by atoms with Gasteiger partial charge in [0.1, 0.15) is 0 Å². The van der Waals surface area contributed by atoms with Gasteiger partial charge >= 0.3 is 0 Å². The topological polar surface area (TPSA) is 30.5 Å². The lowest BCUT2D eigenvalue weighted by Gasteiger charge is -2.42. The number of thiophene rings is 1. The van der Waals surface area contributed by atoms with E-state index in [-0.39, 0.29) is 11.6 Å². The SMILES string of the molecule is CCCNC(c1ccsc1)C1(OC)CCOCC1. The van der Waals surface area contributed by atoms with Crippen molar-refractivity contribution in [3.63, 3.8) is 0 Å². The molecule has 1 aromatic heterocycles. The van der Waals surface area contributed by atoms with Crippen LogP contribution in [-0.2, 0) is 9.47 Å². The van der Waals surface area contributed by atoms with Gasteiger partial charge in [0.25, 0.3) is 0 Å². The first-order valence-corrected chi connectivity index (χ1v) is 7.65. The van der Waals surface area contributed by atoms with Crippen molar-refractivity contribution in [1.82, 2.24) is 5.32 Å². The molecule has 4 heteroatoms. The number of rotatable bonds is 6. The van der Waals surface area contributed by atoms with Crippen molar-refractivity contribution in [1.29, 1.82) is 0 Å². The number of hydrogen-bond donors (Lipinski definition) is 1. The predicted octanol–water partition coefficient (Wildman–Crippen LogP) is 2.98. The molecule has 2 heterocycles. The Morgan fingerprint density at radius 2 is 2.28 bits per heavy atom. The smallest absolute Gasteiger partial charge is 0.0916 e. The van der Waals surface area contributed by atoms with E-state index < -0.39 is 0 Å². The molecule has 1 atom stereocenters. The van der Waals surface area contributed by atoms with E-state index in [0.29, 0.717) is 0 Å². The maximum Gasteiger partial charge on any atom is 0.0916 e. The Balaban J connectivity index is 2.20. The molecule has 0 saturated carbocycles. The maximum absolute atomic E-state index is 5.92. The summed E-state index contributed by atoms with van der Waals surface area (Å²) in [6.07, 6.45) is 3.05. The van der Waals surface area contributed by atoms with Crippen LogP contribution in [-0.4, -0.2) is 32.5 Å². The van der Waals surface area contributed by atoms with Gasteiger partial charge in [-0.25, -0.2) is 0 Å². The second-order valence-electron chi connectivity index (χ2n) is 4.83. The fraction of sp³-hybridized carbons (Fsp3) is 0.714. The predicted molar refractivity (Wildman–Crippen MR) is 75.1 cm³/mol. The highest BCUT2D eigenvalue weighted by Crippen LogP contribution is 2.38. The van der Waals surface area contributed by atoms with Gasteiger partial charge in [-0.15, -0.1) is 0 Å². The van der Waals surface area contributed by atoms with Crippen LogP contribution in [0.1, 0.15) is 37.8 Å². The van der Waals surface area contributed by atoms with E-state index in [1.54, 1.807) is 11.3 Å². The van der Waals surface area contributed by atoms with E-state index in [4.69, 9.17) is 9.47 Å². The molecule has 3 nitrogen and oxygen atoms in total. The zero-order valence-electron chi connectivity index (χ0n) is 11.3. The first kappa shape index (κ1) is 14.0. The standard InChI is InChI=1S/C14H23NO2S/c1-3-7-15-13(12-4-10-18-11-12)14(16-2)5-8-17-9-6-14/h4,10-11,13,15H,3,5-9H2,1-2H3. The summed E-state index contributed by atoms with van der Waals surface area (Å²) < 4.78 is 11.4. The van der Waals surface area contributed by atoms with Crippen LogP contribution < -0.4 is 5.32 Å². The van der Waals surface area contributed by atoms with E-state index in [1.165, 1.54) is 5.56 Å². The van der Waals surface area contributed by atoms with Crippen LogP contribution in [0.2, 0.25) is 0 Å². The van der Waals surface area contributed by atoms with E-state index in [0.717, 1.165) is 39.0 Å². The van der Waals surface area contributed by atoms with Gasteiger partial charge in [-0.2, -0.15) is 11.3 Å². The summed E-state index contributed by atoms with van der Waals surface area (Å²) in [5.74, 6) is 0. The average molecular weight is 269 g/mol. The molecule has 102 valence electrons. The molecule has 1 unspecified atom stereocenters. The van der Waals surface area contributed by atoms with Gasteiger partial charge < -0.3 is 14.8 Å². The third-order valence-corrected chi connectivity index (χ3v) is 4.45. The van der Waals surface area contributed by atoms with E-state index in [2.05, 4.69) is 29.1 Å². The van der Waals surface area contributed by atoms with Crippen molar-refractivity contribution in [3.8, 4) is 0 Å². The lowest BCUT2D eigenvalue weighted by molar-refractivity contribution is -0.111. The van der Waals surface area contributed by atoms with Crippen molar-refractivity contribution in [2.75, 3.05) is 26.9 Å². The first-order valence-electron chi connectivity index (χ1n) is 6.71. The van der Waals surface area contributed by atoms with E-state index in [1.807, 2.05) is 7.11 Å². The van der Waals surface area contributed by atoms with Crippen molar-refractivity contribution in [2.45, 2.75) is 37.8 Å². The highest BCUT2D eigenvalue weighted by molar-refractivity contribution is 7.07. The summed E-state index contributed by atoms with van der Waals surface area (Å²) >= 11 is 1.75. The number of nitrogens with one attached hydrogen (secondary N) is 1. The summed E-state index contributed by atoms with van der Waals surface area (Å²) in [5, 5.41) is 8.02. The normalized spacial score (nSPS) is 20.8. The van der Waals surface area contributed by atoms with Gasteiger partial charge in [-0.05, 0) is 35.4 Å². The van der Waals surface area contributed by atoms with Crippen LogP contribution in [0.4, 0.5) is 0 Å². The molecule has 0 radical (unpaired) electrons. The molecule has 0 bridgehead atoms. The van der Waals surface area contributed by atoms with E-state index >= 15 is 0 Å². The van der Waals surface area contributed by atoms with Gasteiger partial charge in [0.05, 0.1) is 11.6 Å². The second kappa shape index (κ2) is 6.66. The highest BCUT2D eigenvalue weighted by atomic mass is 32.1. The summed E-state index contributed by atoms with van der Waals surface area (Å²) in [6.45, 7) is 4.80. The third kappa shape index (κ3) is 2.94. The Hall–Kier alpha value is -0.420. The third-order valence-electron chi connectivity index (χ3n) is 3.75. The Morgan fingerprint density at radius 1 is 1.50 bits per heavy atom. The Morgan fingerprint density at radius 3 is 2.83 bits per heavy atom. The molecule has 0 spiro atoms. The number of ether oxygens (including phenoxy) is 2. The van der Waals surface area contributed by atoms with Crippen LogP contribution in [0.5, 0.6) is 0 Å². The minimum Gasteiger partial charge on any atom is -0.381 e. The zero-order valence-corrected chi connectivity index (χ0v) is 12.1. The summed E-state index contributed by atoms with van der Waals surface area (Å²) in [5.41, 5.74) is 1.23. The average Bonchev–Trinajstić information content (AvgIpc) is 2.94. The molecule has 1 fully saturated rings. The maximum atomic E-state index is 5.92. The van der Waals surface area contributed by atoms with Gasteiger partial charge in [-0.1, -0.05) is 6.92 Å². The zero-order chi connectivity index (χ0) is 12.8. The molecule has 1 aromatic rings. The van der Waals surface area contributed by atoms with Crippen molar-refractivity contribution in [3.05, 3.63) is 22.4 Å². The first-order chi connectivity index (χ1) is 8.82. The lowest BCUT2D eigenvalue weighted by atomic mass is 9.83. The van der Waals surface area contributed by atoms with Crippen LogP contribution >= 0.6 is 11.3 Å². The van der Waals surface area contributed by atoms with E-state index in [9.17, 15) is 0 Å².